The minimum atomic E-state index is -3.08. The van der Waals surface area contributed by atoms with Crippen LogP contribution in [0.4, 0.5) is 8.78 Å². The van der Waals surface area contributed by atoms with Gasteiger partial charge >= 0.3 is 5.92 Å². The summed E-state index contributed by atoms with van der Waals surface area (Å²) in [6.45, 7) is 0.980. The molecule has 1 aromatic rings. The Morgan fingerprint density at radius 2 is 1.79 bits per heavy atom. The Morgan fingerprint density at radius 1 is 1.21 bits per heavy atom. The van der Waals surface area contributed by atoms with E-state index >= 15 is 0 Å². The Bertz CT molecular complexity index is 457. The van der Waals surface area contributed by atoms with Gasteiger partial charge in [0.05, 0.1) is 0 Å². The smallest absolute Gasteiger partial charge is 0.322 e. The maximum absolute atomic E-state index is 13.2. The molecule has 3 aliphatic rings. The van der Waals surface area contributed by atoms with Gasteiger partial charge in [-0.2, -0.15) is 13.8 Å². The van der Waals surface area contributed by atoms with Crippen molar-refractivity contribution in [3.8, 4) is 0 Å². The van der Waals surface area contributed by atoms with E-state index in [1.54, 1.807) is 0 Å². The van der Waals surface area contributed by atoms with Gasteiger partial charge in [-0.1, -0.05) is 5.16 Å². The lowest BCUT2D eigenvalue weighted by Gasteiger charge is -2.51. The third kappa shape index (κ3) is 1.96. The van der Waals surface area contributed by atoms with Crippen LogP contribution in [0.25, 0.3) is 0 Å². The molecule has 3 saturated carbocycles. The normalized spacial score (nSPS) is 34.7. The van der Waals surface area contributed by atoms with E-state index in [4.69, 9.17) is 4.52 Å². The van der Waals surface area contributed by atoms with Crippen molar-refractivity contribution in [3.63, 3.8) is 0 Å². The predicted molar refractivity (Wildman–Crippen MR) is 62.8 cm³/mol. The van der Waals surface area contributed by atoms with Gasteiger partial charge in [0.15, 0.2) is 5.82 Å². The molecule has 2 bridgehead atoms. The lowest BCUT2D eigenvalue weighted by molar-refractivity contribution is -0.0158. The molecule has 1 heterocycles. The van der Waals surface area contributed by atoms with Crippen molar-refractivity contribution in [1.82, 2.24) is 10.1 Å². The highest BCUT2D eigenvalue weighted by molar-refractivity contribution is 5.15. The van der Waals surface area contributed by atoms with Crippen molar-refractivity contribution in [2.45, 2.75) is 56.8 Å². The summed E-state index contributed by atoms with van der Waals surface area (Å²) in [6.07, 6.45) is 5.28. The highest BCUT2D eigenvalue weighted by Crippen LogP contribution is 2.56. The van der Waals surface area contributed by atoms with Crippen LogP contribution in [0.3, 0.4) is 0 Å². The Hall–Kier alpha value is -1.04. The molecular weight excluding hydrogens is 254 g/mol. The van der Waals surface area contributed by atoms with Gasteiger partial charge in [-0.15, -0.1) is 0 Å². The molecule has 1 aromatic heterocycles. The first kappa shape index (κ1) is 13.0. The summed E-state index contributed by atoms with van der Waals surface area (Å²) in [5.74, 6) is -3.25. The molecule has 106 valence electrons. The Balaban J connectivity index is 1.86. The molecule has 3 fully saturated rings. The lowest BCUT2D eigenvalue weighted by atomic mass is 9.54. The molecule has 0 unspecified atom stereocenters. The molecule has 0 amide bonds. The second-order valence-electron chi connectivity index (χ2n) is 6.25. The fourth-order valence-corrected chi connectivity index (χ4v) is 3.45. The monoisotopic (exact) mass is 272 g/mol. The maximum atomic E-state index is 13.2. The topological polar surface area (TPSA) is 59.2 Å². The Labute approximate surface area is 110 Å². The van der Waals surface area contributed by atoms with E-state index in [0.717, 1.165) is 45.4 Å². The van der Waals surface area contributed by atoms with Crippen LogP contribution in [0.2, 0.25) is 0 Å². The van der Waals surface area contributed by atoms with Crippen LogP contribution in [0.15, 0.2) is 4.52 Å². The molecule has 19 heavy (non-hydrogen) atoms. The van der Waals surface area contributed by atoms with E-state index in [1.807, 2.05) is 0 Å². The predicted octanol–water partition coefficient (Wildman–Crippen LogP) is 2.77. The zero-order valence-electron chi connectivity index (χ0n) is 11.0. The Kier molecular flexibility index (Phi) is 2.71. The van der Waals surface area contributed by atoms with Crippen molar-refractivity contribution < 1.29 is 18.4 Å². The molecule has 0 radical (unpaired) electrons. The number of rotatable bonds is 3. The summed E-state index contributed by atoms with van der Waals surface area (Å²) in [5.41, 5.74) is -0.174. The first-order valence-corrected chi connectivity index (χ1v) is 6.73. The third-order valence-electron chi connectivity index (χ3n) is 5.01. The fourth-order valence-electron chi connectivity index (χ4n) is 3.45. The SMILES string of the molecule is CC(F)(F)c1nc(C23CCC(CO)(CC2)CC3)no1. The van der Waals surface area contributed by atoms with Gasteiger partial charge in [-0.05, 0) is 43.9 Å². The summed E-state index contributed by atoms with van der Waals surface area (Å²) < 4.78 is 31.0. The number of nitrogens with zero attached hydrogens (tertiary/aromatic N) is 2. The van der Waals surface area contributed by atoms with Crippen molar-refractivity contribution in [3.05, 3.63) is 11.7 Å². The van der Waals surface area contributed by atoms with Crippen molar-refractivity contribution in [2.75, 3.05) is 6.61 Å². The summed E-state index contributed by atoms with van der Waals surface area (Å²) in [6, 6.07) is 0. The van der Waals surface area contributed by atoms with Gasteiger partial charge in [0, 0.05) is 18.9 Å². The molecule has 0 spiro atoms. The Morgan fingerprint density at radius 3 is 2.21 bits per heavy atom. The third-order valence-corrected chi connectivity index (χ3v) is 5.01. The molecule has 4 rings (SSSR count). The second-order valence-corrected chi connectivity index (χ2v) is 6.25. The van der Waals surface area contributed by atoms with Crippen LogP contribution in [-0.4, -0.2) is 21.9 Å². The van der Waals surface area contributed by atoms with Crippen molar-refractivity contribution in [2.24, 2.45) is 5.41 Å². The van der Waals surface area contributed by atoms with E-state index < -0.39 is 11.8 Å². The van der Waals surface area contributed by atoms with Gasteiger partial charge in [0.2, 0.25) is 0 Å². The highest BCUT2D eigenvalue weighted by Gasteiger charge is 2.51. The van der Waals surface area contributed by atoms with Gasteiger partial charge in [0.25, 0.3) is 5.89 Å². The van der Waals surface area contributed by atoms with Gasteiger partial charge < -0.3 is 9.63 Å². The van der Waals surface area contributed by atoms with Gasteiger partial charge in [-0.25, -0.2) is 0 Å². The van der Waals surface area contributed by atoms with E-state index in [9.17, 15) is 13.9 Å². The summed E-state index contributed by atoms with van der Waals surface area (Å²) in [7, 11) is 0. The summed E-state index contributed by atoms with van der Waals surface area (Å²) in [4.78, 5) is 3.93. The molecule has 0 aromatic carbocycles. The van der Waals surface area contributed by atoms with E-state index in [0.29, 0.717) is 5.82 Å². The molecular formula is C13H18F2N2O2. The molecule has 0 atom stereocenters. The summed E-state index contributed by atoms with van der Waals surface area (Å²) >= 11 is 0. The standard InChI is InChI=1S/C13H18F2N2O2/c1-11(14,15)10-16-9(17-19-10)13-5-2-12(8-18,3-6-13)4-7-13/h18H,2-8H2,1H3. The number of halogens is 2. The number of aromatic nitrogens is 2. The fraction of sp³-hybridized carbons (Fsp3) is 0.846. The lowest BCUT2D eigenvalue weighted by Crippen LogP contribution is -2.46. The van der Waals surface area contributed by atoms with E-state index in [-0.39, 0.29) is 17.4 Å². The van der Waals surface area contributed by atoms with Crippen LogP contribution in [0.5, 0.6) is 0 Å². The highest BCUT2D eigenvalue weighted by atomic mass is 19.3. The van der Waals surface area contributed by atoms with Gasteiger partial charge in [-0.3, -0.25) is 0 Å². The molecule has 3 aliphatic carbocycles. The first-order chi connectivity index (χ1) is 8.89. The van der Waals surface area contributed by atoms with Crippen molar-refractivity contribution in [1.29, 1.82) is 0 Å². The molecule has 0 saturated heterocycles. The van der Waals surface area contributed by atoms with Crippen LogP contribution >= 0.6 is 0 Å². The molecule has 1 N–H and O–H groups in total. The quantitative estimate of drug-likeness (QED) is 0.919. The van der Waals surface area contributed by atoms with E-state index in [2.05, 4.69) is 10.1 Å². The average molecular weight is 272 g/mol. The maximum Gasteiger partial charge on any atom is 0.322 e. The minimum Gasteiger partial charge on any atom is -0.396 e. The largest absolute Gasteiger partial charge is 0.396 e. The molecule has 6 heteroatoms. The van der Waals surface area contributed by atoms with Crippen LogP contribution < -0.4 is 0 Å². The number of hydrogen-bond acceptors (Lipinski definition) is 4. The summed E-state index contributed by atoms with van der Waals surface area (Å²) in [5, 5.41) is 13.3. The first-order valence-electron chi connectivity index (χ1n) is 6.73. The average Bonchev–Trinajstić information content (AvgIpc) is 2.91. The number of aliphatic hydroxyl groups is 1. The van der Waals surface area contributed by atoms with Crippen LogP contribution in [0.1, 0.15) is 57.2 Å². The molecule has 4 nitrogen and oxygen atoms in total. The number of hydrogen-bond donors (Lipinski definition) is 1. The van der Waals surface area contributed by atoms with Crippen LogP contribution in [0, 0.1) is 5.41 Å². The van der Waals surface area contributed by atoms with Crippen LogP contribution in [-0.2, 0) is 11.3 Å². The second kappa shape index (κ2) is 3.98. The van der Waals surface area contributed by atoms with E-state index in [1.165, 1.54) is 0 Å². The zero-order chi connectivity index (χ0) is 13.7. The van der Waals surface area contributed by atoms with Gasteiger partial charge in [0.1, 0.15) is 0 Å². The minimum absolute atomic E-state index is 0.0447. The number of aliphatic hydroxyl groups excluding tert-OH is 1. The number of alkyl halides is 2. The molecule has 0 aliphatic heterocycles. The van der Waals surface area contributed by atoms with Crippen molar-refractivity contribution >= 4 is 0 Å². The number of fused-ring (bicyclic) bond motifs is 3. The zero-order valence-corrected chi connectivity index (χ0v) is 11.0.